The largest absolute Gasteiger partial charge is 0.481 e. The molecule has 0 saturated heterocycles. The summed E-state index contributed by atoms with van der Waals surface area (Å²) in [6, 6.07) is 0.251. The van der Waals surface area contributed by atoms with Crippen LogP contribution in [0.25, 0.3) is 0 Å². The minimum absolute atomic E-state index is 0.176. The van der Waals surface area contributed by atoms with Gasteiger partial charge in [0.2, 0.25) is 0 Å². The quantitative estimate of drug-likeness (QED) is 0.572. The van der Waals surface area contributed by atoms with Crippen LogP contribution < -0.4 is 5.73 Å². The number of fused-ring (bicyclic) bond motifs is 5. The molecular weight excluding hydrogens is 366 g/mol. The van der Waals surface area contributed by atoms with E-state index in [-0.39, 0.29) is 47.3 Å². The van der Waals surface area contributed by atoms with Crippen molar-refractivity contribution in [3.8, 4) is 0 Å². The van der Waals surface area contributed by atoms with Crippen molar-refractivity contribution in [2.45, 2.75) is 96.8 Å². The Morgan fingerprint density at radius 1 is 1.10 bits per heavy atom. The first kappa shape index (κ1) is 21.6. The van der Waals surface area contributed by atoms with Crippen LogP contribution in [0.15, 0.2) is 0 Å². The van der Waals surface area contributed by atoms with Gasteiger partial charge in [-0.05, 0) is 97.7 Å². The molecule has 0 aromatic carbocycles. The van der Waals surface area contributed by atoms with E-state index < -0.39 is 5.97 Å². The molecule has 4 saturated carbocycles. The summed E-state index contributed by atoms with van der Waals surface area (Å²) in [5.74, 6) is 1.30. The number of aliphatic carboxylic acids is 1. The molecule has 166 valence electrons. The highest BCUT2D eigenvalue weighted by Crippen LogP contribution is 2.68. The summed E-state index contributed by atoms with van der Waals surface area (Å²) < 4.78 is 0. The van der Waals surface area contributed by atoms with Gasteiger partial charge in [0.05, 0.1) is 12.2 Å². The molecule has 5 nitrogen and oxygen atoms in total. The molecule has 0 bridgehead atoms. The van der Waals surface area contributed by atoms with Crippen molar-refractivity contribution in [3.63, 3.8) is 0 Å². The minimum atomic E-state index is -0.738. The molecule has 0 spiro atoms. The molecule has 4 aliphatic carbocycles. The lowest BCUT2D eigenvalue weighted by Crippen LogP contribution is -2.62. The Morgan fingerprint density at radius 3 is 2.52 bits per heavy atom. The van der Waals surface area contributed by atoms with Crippen LogP contribution in [0.3, 0.4) is 0 Å². The van der Waals surface area contributed by atoms with Gasteiger partial charge in [-0.2, -0.15) is 0 Å². The van der Waals surface area contributed by atoms with Gasteiger partial charge in [-0.15, -0.1) is 0 Å². The zero-order valence-electron chi connectivity index (χ0n) is 18.4. The fourth-order valence-electron chi connectivity index (χ4n) is 8.74. The molecule has 0 aromatic heterocycles. The van der Waals surface area contributed by atoms with Crippen molar-refractivity contribution in [1.29, 1.82) is 0 Å². The van der Waals surface area contributed by atoms with E-state index in [1.165, 1.54) is 0 Å². The van der Waals surface area contributed by atoms with Crippen LogP contribution in [0, 0.1) is 46.3 Å². The maximum Gasteiger partial charge on any atom is 0.303 e. The summed E-state index contributed by atoms with van der Waals surface area (Å²) in [6.45, 7) is 6.81. The second-order valence-electron chi connectivity index (χ2n) is 11.5. The Balaban J connectivity index is 1.61. The molecule has 0 aliphatic heterocycles. The fraction of sp³-hybridized carbons (Fsp3) is 0.958. The predicted octanol–water partition coefficient (Wildman–Crippen LogP) is 3.42. The third kappa shape index (κ3) is 3.27. The fourth-order valence-corrected chi connectivity index (χ4v) is 8.74. The highest BCUT2D eigenvalue weighted by atomic mass is 16.4. The lowest BCUT2D eigenvalue weighted by Gasteiger charge is -2.63. The Hall–Kier alpha value is -0.650. The van der Waals surface area contributed by atoms with Crippen LogP contribution in [0.2, 0.25) is 0 Å². The summed E-state index contributed by atoms with van der Waals surface area (Å²) in [6.07, 6.45) is 7.09. The molecule has 29 heavy (non-hydrogen) atoms. The molecule has 4 aliphatic rings. The number of carboxylic acid groups (broad SMARTS) is 1. The summed E-state index contributed by atoms with van der Waals surface area (Å²) in [5, 5.41) is 31.9. The van der Waals surface area contributed by atoms with Gasteiger partial charge in [-0.25, -0.2) is 0 Å². The van der Waals surface area contributed by atoms with Crippen molar-refractivity contribution < 1.29 is 20.1 Å². The smallest absolute Gasteiger partial charge is 0.303 e. The lowest BCUT2D eigenvalue weighted by molar-refractivity contribution is -0.202. The highest BCUT2D eigenvalue weighted by Gasteiger charge is 2.65. The van der Waals surface area contributed by atoms with Crippen LogP contribution in [0.4, 0.5) is 0 Å². The van der Waals surface area contributed by atoms with E-state index in [0.29, 0.717) is 30.1 Å². The predicted molar refractivity (Wildman–Crippen MR) is 112 cm³/mol. The van der Waals surface area contributed by atoms with E-state index in [1.54, 1.807) is 0 Å². The van der Waals surface area contributed by atoms with Crippen LogP contribution in [-0.2, 0) is 4.79 Å². The van der Waals surface area contributed by atoms with Crippen molar-refractivity contribution in [1.82, 2.24) is 0 Å². The number of carboxylic acids is 1. The monoisotopic (exact) mass is 407 g/mol. The maximum atomic E-state index is 11.5. The molecule has 4 rings (SSSR count). The van der Waals surface area contributed by atoms with E-state index in [4.69, 9.17) is 10.8 Å². The third-order valence-electron chi connectivity index (χ3n) is 10.4. The van der Waals surface area contributed by atoms with Crippen molar-refractivity contribution >= 4 is 5.97 Å². The third-order valence-corrected chi connectivity index (χ3v) is 10.4. The molecule has 0 radical (unpaired) electrons. The zero-order valence-corrected chi connectivity index (χ0v) is 18.4. The summed E-state index contributed by atoms with van der Waals surface area (Å²) >= 11 is 0. The SMILES string of the molecule is C[C@H](CCC(=O)O)[C@H]1CC[C@H]2[C@@H]3[C@H](O)C[C@@H]4C[C@@H](N)CC[C@]4(C)[C@H]3C[C@H](O)[C@]12C. The average Bonchev–Trinajstić information content (AvgIpc) is 3.01. The summed E-state index contributed by atoms with van der Waals surface area (Å²) in [5.41, 5.74) is 6.24. The second kappa shape index (κ2) is 7.49. The van der Waals surface area contributed by atoms with Gasteiger partial charge < -0.3 is 21.1 Å². The molecule has 0 aromatic rings. The number of aliphatic hydroxyl groups is 2. The lowest BCUT2D eigenvalue weighted by atomic mass is 9.43. The van der Waals surface area contributed by atoms with Crippen LogP contribution in [0.5, 0.6) is 0 Å². The average molecular weight is 408 g/mol. The maximum absolute atomic E-state index is 11.5. The van der Waals surface area contributed by atoms with E-state index in [1.807, 2.05) is 0 Å². The van der Waals surface area contributed by atoms with Crippen molar-refractivity contribution in [3.05, 3.63) is 0 Å². The van der Waals surface area contributed by atoms with Gasteiger partial charge >= 0.3 is 5.97 Å². The Morgan fingerprint density at radius 2 is 1.83 bits per heavy atom. The van der Waals surface area contributed by atoms with Gasteiger partial charge in [0, 0.05) is 12.5 Å². The molecule has 5 N–H and O–H groups in total. The van der Waals surface area contributed by atoms with E-state index >= 15 is 0 Å². The van der Waals surface area contributed by atoms with Crippen LogP contribution >= 0.6 is 0 Å². The standard InChI is InChI=1S/C24H41NO4/c1-13(4-7-21(28)29)16-5-6-17-22-18(12-20(27)24(16,17)3)23(2)9-8-15(25)10-14(23)11-19(22)26/h13-20,22,26-27H,4-12,25H2,1-3H3,(H,28,29)/t13-,14+,15+,16-,17+,18+,19-,20+,22+,23+,24-/m1/s1. The van der Waals surface area contributed by atoms with E-state index in [0.717, 1.165) is 44.9 Å². The summed E-state index contributed by atoms with van der Waals surface area (Å²) in [4.78, 5) is 11.1. The number of hydrogen-bond acceptors (Lipinski definition) is 4. The van der Waals surface area contributed by atoms with Gasteiger partial charge in [0.15, 0.2) is 0 Å². The normalized spacial score (nSPS) is 52.9. The number of rotatable bonds is 4. The minimum Gasteiger partial charge on any atom is -0.481 e. The first-order valence-corrected chi connectivity index (χ1v) is 11.9. The van der Waals surface area contributed by atoms with E-state index in [9.17, 15) is 15.0 Å². The van der Waals surface area contributed by atoms with Gasteiger partial charge in [0.1, 0.15) is 0 Å². The van der Waals surface area contributed by atoms with Crippen LogP contribution in [0.1, 0.15) is 78.6 Å². The highest BCUT2D eigenvalue weighted by molar-refractivity contribution is 5.66. The molecule has 0 unspecified atom stereocenters. The molecular formula is C24H41NO4. The number of hydrogen-bond donors (Lipinski definition) is 4. The summed E-state index contributed by atoms with van der Waals surface area (Å²) in [7, 11) is 0. The number of aliphatic hydroxyl groups excluding tert-OH is 2. The zero-order chi connectivity index (χ0) is 21.1. The second-order valence-corrected chi connectivity index (χ2v) is 11.5. The van der Waals surface area contributed by atoms with Gasteiger partial charge in [-0.1, -0.05) is 20.8 Å². The van der Waals surface area contributed by atoms with Gasteiger partial charge in [0.25, 0.3) is 0 Å². The van der Waals surface area contributed by atoms with Crippen molar-refractivity contribution in [2.24, 2.45) is 52.1 Å². The first-order chi connectivity index (χ1) is 13.6. The van der Waals surface area contributed by atoms with Gasteiger partial charge in [-0.3, -0.25) is 4.79 Å². The number of nitrogens with two attached hydrogens (primary N) is 1. The first-order valence-electron chi connectivity index (χ1n) is 11.9. The number of carbonyl (C=O) groups is 1. The molecule has 0 heterocycles. The molecule has 4 fully saturated rings. The Labute approximate surface area is 175 Å². The molecule has 5 heteroatoms. The Kier molecular flexibility index (Phi) is 5.57. The van der Waals surface area contributed by atoms with E-state index in [2.05, 4.69) is 20.8 Å². The Bertz CT molecular complexity index is 640. The topological polar surface area (TPSA) is 104 Å². The molecule has 11 atom stereocenters. The van der Waals surface area contributed by atoms with Crippen LogP contribution in [-0.4, -0.2) is 39.5 Å². The van der Waals surface area contributed by atoms with Crippen molar-refractivity contribution in [2.75, 3.05) is 0 Å². The molecule has 0 amide bonds.